The van der Waals surface area contributed by atoms with Crippen molar-refractivity contribution in [1.82, 2.24) is 0 Å². The predicted octanol–water partition coefficient (Wildman–Crippen LogP) is 23.8. The van der Waals surface area contributed by atoms with E-state index in [4.69, 9.17) is 46.4 Å². The summed E-state index contributed by atoms with van der Waals surface area (Å²) in [5.74, 6) is 7.40. The van der Waals surface area contributed by atoms with Gasteiger partial charge in [-0.05, 0) is 380 Å². The number of carbonyl (C=O) groups is 5. The van der Waals surface area contributed by atoms with Crippen LogP contribution < -0.4 is 63.8 Å². The molecule has 8 aromatic carbocycles. The largest absolute Gasteiger partial charge is 1.00 e. The molecular weight excluding hydrogens is 2050 g/mol. The summed E-state index contributed by atoms with van der Waals surface area (Å²) in [4.78, 5) is 64.9. The molecule has 3 radical (unpaired) electrons. The molecule has 0 bridgehead atoms. The second kappa shape index (κ2) is 74.5. The average Bonchev–Trinajstić information content (AvgIpc) is 0.746. The number of hydrogen-bond acceptors (Lipinski definition) is 17. The fourth-order valence-electron chi connectivity index (χ4n) is 16.2. The average molecular weight is 2210 g/mol. The number of allylic oxidation sites excluding steroid dienone is 1. The maximum absolute atomic E-state index is 12.3. The topological polar surface area (TPSA) is 280 Å². The zero-order valence-electron chi connectivity index (χ0n) is 89.4. The summed E-state index contributed by atoms with van der Waals surface area (Å²) in [6, 6.07) is 35.6. The van der Waals surface area contributed by atoms with Crippen molar-refractivity contribution < 1.29 is 127 Å². The Morgan fingerprint density at radius 3 is 1.16 bits per heavy atom. The number of hydrogen-bond donors (Lipinski definition) is 3. The summed E-state index contributed by atoms with van der Waals surface area (Å²) >= 11 is 21.6. The molecule has 4 heterocycles. The van der Waals surface area contributed by atoms with Gasteiger partial charge >= 0.3 is 76.5 Å². The number of ketones is 4. The normalized spacial score (nSPS) is 15.1. The molecule has 0 fully saturated rings. The summed E-state index contributed by atoms with van der Waals surface area (Å²) in [5.41, 5.74) is 25.1. The van der Waals surface area contributed by atoms with E-state index in [1.807, 2.05) is 81.7 Å². The van der Waals surface area contributed by atoms with Crippen LogP contribution in [0.4, 0.5) is 0 Å². The van der Waals surface area contributed by atoms with Crippen LogP contribution in [-0.4, -0.2) is 139 Å². The molecule has 4 aliphatic rings. The number of rotatable bonds is 24. The van der Waals surface area contributed by atoms with Crippen LogP contribution in [0.25, 0.3) is 0 Å². The maximum atomic E-state index is 12.3. The van der Waals surface area contributed by atoms with Crippen LogP contribution in [0.1, 0.15) is 333 Å². The number of Topliss-reactive ketones (excluding diaryl/α,β-unsaturated/α-hetero) is 3. The number of thiol groups is 1. The molecule has 8 aromatic rings. The van der Waals surface area contributed by atoms with E-state index in [9.17, 15) is 51.0 Å². The molecule has 0 saturated carbocycles. The van der Waals surface area contributed by atoms with E-state index in [1.54, 1.807) is 56.0 Å². The van der Waals surface area contributed by atoms with Crippen molar-refractivity contribution in [2.75, 3.05) is 40.3 Å². The molecule has 0 aliphatic carbocycles. The van der Waals surface area contributed by atoms with Crippen LogP contribution in [0.2, 0.25) is 0 Å². The smallest absolute Gasteiger partial charge is 1.00 e. The summed E-state index contributed by atoms with van der Waals surface area (Å²) < 4.78 is 56.8. The predicted molar refractivity (Wildman–Crippen MR) is 604 cm³/mol. The zero-order valence-corrected chi connectivity index (χ0v) is 104. The van der Waals surface area contributed by atoms with E-state index < -0.39 is 37.0 Å². The number of halogens is 5. The van der Waals surface area contributed by atoms with Gasteiger partial charge in [-0.25, -0.2) is 63.6 Å². The number of carboxylic acid groups (broad SMARTS) is 1. The first-order chi connectivity index (χ1) is 63.5. The van der Waals surface area contributed by atoms with E-state index in [0.717, 1.165) is 88.9 Å². The fraction of sp³-hybridized carbons (Fsp3) is 0.495. The SMILES string of the molecule is C=CC(=O)CC.CCC(=O)CCSc1cc(C)ccc1C.CCC(Cl)CCSc1cc(C)ccc1C.CCC(O)CCSc1cc(C)ccc1C.CCC1CCS(=O)(=O)c2c(C)cc(C(=O)O)c(C)c21.CCC1CCS(=O)(=O)c2c(C)cc(C(C)=O)c(C)c21.CCC1CCSc2c(C)cc(C(C)=O)c(C)c21.CCC1CCSc2c(C)ccc(C)c21.Cc1ccc(C)c(S)c1.O.O.[B].[Cl][Al]([Cl])[Cl].[H-].[Na+].[Na+].[O-]Cl. The Labute approximate surface area is 944 Å². The number of aryl methyl sites for hydroxylation is 13. The van der Waals surface area contributed by atoms with Crippen LogP contribution in [0.15, 0.2) is 155 Å². The van der Waals surface area contributed by atoms with Gasteiger partial charge in [-0.15, -0.1) is 83.0 Å². The van der Waals surface area contributed by atoms with Gasteiger partial charge < -0.3 is 27.3 Å². The zero-order chi connectivity index (χ0) is 103. The van der Waals surface area contributed by atoms with Crippen molar-refractivity contribution >= 4 is 194 Å². The quantitative estimate of drug-likeness (QED) is 0.0127. The minimum atomic E-state index is -3.27. The van der Waals surface area contributed by atoms with Crippen molar-refractivity contribution in [2.45, 2.75) is 351 Å². The van der Waals surface area contributed by atoms with E-state index in [1.165, 1.54) is 148 Å². The maximum Gasteiger partial charge on any atom is 1.00 e. The van der Waals surface area contributed by atoms with Gasteiger partial charge in [-0.3, -0.25) is 19.2 Å². The van der Waals surface area contributed by atoms with Crippen molar-refractivity contribution in [3.8, 4) is 0 Å². The van der Waals surface area contributed by atoms with Gasteiger partial charge in [0, 0.05) is 85.1 Å². The van der Waals surface area contributed by atoms with Crippen molar-refractivity contribution in [3.63, 3.8) is 0 Å². The standard InChI is InChI=1S/C15H20O3S.C15H20OS.C14H18O4S.C13H19ClS.C13H20OS.C13H18OS.C13H18S.C8H10S.C5H8O.Al.B.ClO.3ClH.2Na.2H2O.H/c1-5-12-6-7-19(17,18)15-9(2)8-13(11(4)16)10(3)14(12)15;1-5-12-6-7-17-15-9(2)8-13(11(4)16)10(3)14(12)15;1-4-10-5-6-19(17,18)13-8(2)7-11(14(15)16)9(3)12(10)13;3*1-4-12(14)7-8-15-13-9-10(2)5-6-11(13)3;1-4-11-7-8-14-13-10(3)6-5-9(2)12(11)13;1-6-3-4-7(2)8(9)5-6;1-3-5(6)4-2;;;1-2;;;;;;;;/h8,12H,5-7H2,1-4H3;8,12H,5-7H2,1-4H3;7,10H,4-6H2,1-3H3,(H,15,16);5-6,9,12H,4,7-8H2,1-3H3;5-6,9,12,14H,4,7-8H2,1-3H3;5-6,9H,4,7-8H2,1-3H3;5-6,11H,4,7-8H2,1-3H3;3-5,9H,1-2H3;3H,1,4H2,2H3;;;;3*1H;;;2*1H2;/q;;;;;;;;;+3;;-1;;;;2*+1;;;-1/p-3. The van der Waals surface area contributed by atoms with Crippen LogP contribution in [0.5, 0.6) is 0 Å². The van der Waals surface area contributed by atoms with Gasteiger partial charge in [0.15, 0.2) is 37.0 Å². The molecule has 6 unspecified atom stereocenters. The first kappa shape index (κ1) is 144. The fourth-order valence-corrected chi connectivity index (χ4v) is 27.0. The second-order valence-electron chi connectivity index (χ2n) is 34.8. The minimum absolute atomic E-state index is 0. The van der Waals surface area contributed by atoms with Gasteiger partial charge in [0.25, 0.3) is 0 Å². The van der Waals surface area contributed by atoms with Gasteiger partial charge in [0.1, 0.15) is 5.78 Å². The summed E-state index contributed by atoms with van der Waals surface area (Å²) in [6.07, 6.45) is 15.1. The van der Waals surface area contributed by atoms with Crippen molar-refractivity contribution in [1.29, 1.82) is 0 Å². The van der Waals surface area contributed by atoms with Crippen LogP contribution >= 0.6 is 125 Å². The van der Waals surface area contributed by atoms with E-state index in [-0.39, 0.29) is 132 Å². The van der Waals surface area contributed by atoms with E-state index in [2.05, 4.69) is 233 Å². The molecule has 0 aromatic heterocycles. The molecule has 12 rings (SSSR count). The third-order valence-corrected chi connectivity index (χ3v) is 35.3. The van der Waals surface area contributed by atoms with Gasteiger partial charge in [-0.1, -0.05) is 145 Å². The number of aliphatic hydroxyl groups is 1. The molecule has 14 nitrogen and oxygen atoms in total. The number of carbonyl (C=O) groups excluding carboxylic acids is 4. The Morgan fingerprint density at radius 2 is 0.814 bits per heavy atom. The third-order valence-electron chi connectivity index (χ3n) is 24.4. The molecule has 0 amide bonds. The monoisotopic (exact) mass is 2200 g/mol. The number of aliphatic hydroxyl groups excluding tert-OH is 1. The van der Waals surface area contributed by atoms with Gasteiger partial charge in [0.2, 0.25) is 0 Å². The van der Waals surface area contributed by atoms with Crippen LogP contribution in [-0.2, 0) is 29.3 Å². The number of fused-ring (bicyclic) bond motifs is 4. The van der Waals surface area contributed by atoms with Gasteiger partial charge in [-0.2, -0.15) is 0 Å². The molecule has 6 atom stereocenters. The molecule has 0 spiro atoms. The Morgan fingerprint density at radius 1 is 0.479 bits per heavy atom. The Hall–Kier alpha value is -2.46. The second-order valence-corrected chi connectivity index (χ2v) is 52.0. The Kier molecular flexibility index (Phi) is 76.5. The molecule has 6 N–H and O–H groups in total. The van der Waals surface area contributed by atoms with Crippen molar-refractivity contribution in [3.05, 3.63) is 244 Å². The first-order valence-corrected chi connectivity index (χ1v) is 61.6. The van der Waals surface area contributed by atoms with E-state index in [0.29, 0.717) is 81.2 Å². The third kappa shape index (κ3) is 47.8. The summed E-state index contributed by atoms with van der Waals surface area (Å²) in [7, 11) is 8.37. The molecule has 31 heteroatoms. The Bertz CT molecular complexity index is 5290. The molecule has 767 valence electrons. The number of benzene rings is 8. The summed E-state index contributed by atoms with van der Waals surface area (Å²) in [6.45, 7) is 55.7. The number of alkyl halides is 1. The number of sulfone groups is 2. The van der Waals surface area contributed by atoms with Crippen LogP contribution in [0, 0.1) is 111 Å². The summed E-state index contributed by atoms with van der Waals surface area (Å²) in [5, 5.41) is 19.0. The number of thioether (sulfide) groups is 5. The van der Waals surface area contributed by atoms with Gasteiger partial charge in [0.05, 0.1) is 33.0 Å². The molecule has 140 heavy (non-hydrogen) atoms. The first-order valence-electron chi connectivity index (χ1n) is 46.9. The minimum Gasteiger partial charge on any atom is -1.00 e. The van der Waals surface area contributed by atoms with Crippen LogP contribution in [0.3, 0.4) is 0 Å². The Balaban J connectivity index is -0.000000491. The number of aromatic carboxylic acids is 1. The molecular formula is C109H156AlBCl5Na2O14S8. The molecule has 4 aliphatic heterocycles. The van der Waals surface area contributed by atoms with E-state index >= 15 is 0 Å². The van der Waals surface area contributed by atoms with Crippen molar-refractivity contribution in [2.24, 2.45) is 0 Å². The molecule has 0 saturated heterocycles. The number of carboxylic acids is 1.